The molecule has 1 saturated heterocycles. The predicted molar refractivity (Wildman–Crippen MR) is 80.5 cm³/mol. The van der Waals surface area contributed by atoms with Crippen molar-refractivity contribution in [3.8, 4) is 0 Å². The number of rotatable bonds is 4. The van der Waals surface area contributed by atoms with Gasteiger partial charge in [0.15, 0.2) is 0 Å². The molecule has 5 nitrogen and oxygen atoms in total. The minimum absolute atomic E-state index is 0. The number of carbonyl (C=O) groups excluding carboxylic acids is 2. The highest BCUT2D eigenvalue weighted by Gasteiger charge is 2.38. The molecule has 1 aliphatic carbocycles. The number of nitrogens with one attached hydrogen (secondary N) is 2. The molecular weight excluding hydrogens is 278 g/mol. The zero-order valence-corrected chi connectivity index (χ0v) is 13.1. The van der Waals surface area contributed by atoms with Crippen LogP contribution < -0.4 is 16.4 Å². The Labute approximate surface area is 126 Å². The summed E-state index contributed by atoms with van der Waals surface area (Å²) < 4.78 is 0. The van der Waals surface area contributed by atoms with E-state index < -0.39 is 5.41 Å². The Kier molecular flexibility index (Phi) is 5.83. The molecule has 0 bridgehead atoms. The number of halogens is 1. The molecule has 116 valence electrons. The first-order valence-electron chi connectivity index (χ1n) is 7.24. The van der Waals surface area contributed by atoms with Crippen molar-refractivity contribution >= 4 is 24.2 Å². The quantitative estimate of drug-likeness (QED) is 0.723. The first-order valence-corrected chi connectivity index (χ1v) is 7.24. The van der Waals surface area contributed by atoms with E-state index in [0.29, 0.717) is 18.5 Å². The number of nitrogens with two attached hydrogens (primary N) is 1. The maximum absolute atomic E-state index is 12.1. The van der Waals surface area contributed by atoms with Crippen LogP contribution in [0.25, 0.3) is 0 Å². The lowest BCUT2D eigenvalue weighted by Crippen LogP contribution is -2.48. The molecule has 4 N–H and O–H groups in total. The summed E-state index contributed by atoms with van der Waals surface area (Å²) in [5, 5.41) is 6.28. The molecule has 20 heavy (non-hydrogen) atoms. The molecule has 1 heterocycles. The first kappa shape index (κ1) is 17.2. The Bertz CT molecular complexity index is 359. The topological polar surface area (TPSA) is 84.2 Å². The molecule has 2 aliphatic rings. The van der Waals surface area contributed by atoms with Gasteiger partial charge in [-0.3, -0.25) is 9.59 Å². The number of amides is 2. The van der Waals surface area contributed by atoms with E-state index in [0.717, 1.165) is 6.42 Å². The SMILES string of the molecule is CC(C)(CNC(=O)C1CC2CCCCC2N1)C(N)=O.Cl. The third kappa shape index (κ3) is 3.85. The van der Waals surface area contributed by atoms with Crippen molar-refractivity contribution < 1.29 is 9.59 Å². The fourth-order valence-electron chi connectivity index (χ4n) is 3.04. The van der Waals surface area contributed by atoms with Crippen molar-refractivity contribution in [2.24, 2.45) is 17.1 Å². The van der Waals surface area contributed by atoms with E-state index >= 15 is 0 Å². The summed E-state index contributed by atoms with van der Waals surface area (Å²) >= 11 is 0. The van der Waals surface area contributed by atoms with Gasteiger partial charge >= 0.3 is 0 Å². The standard InChI is InChI=1S/C14H25N3O2.ClH/c1-14(2,13(15)19)8-16-12(18)11-7-9-5-3-4-6-10(9)17-11;/h9-11,17H,3-8H2,1-2H3,(H2,15,19)(H,16,18);1H. The zero-order chi connectivity index (χ0) is 14.0. The van der Waals surface area contributed by atoms with Crippen LogP contribution in [0.3, 0.4) is 0 Å². The highest BCUT2D eigenvalue weighted by atomic mass is 35.5. The maximum Gasteiger partial charge on any atom is 0.237 e. The lowest BCUT2D eigenvalue weighted by Gasteiger charge is -2.24. The van der Waals surface area contributed by atoms with E-state index in [9.17, 15) is 9.59 Å². The number of hydrogen-bond acceptors (Lipinski definition) is 3. The molecular formula is C14H26ClN3O2. The van der Waals surface area contributed by atoms with Crippen LogP contribution >= 0.6 is 12.4 Å². The Morgan fingerprint density at radius 1 is 1.30 bits per heavy atom. The van der Waals surface area contributed by atoms with Crippen molar-refractivity contribution in [2.75, 3.05) is 6.54 Å². The summed E-state index contributed by atoms with van der Waals surface area (Å²) in [6.45, 7) is 3.80. The normalized spacial score (nSPS) is 29.2. The van der Waals surface area contributed by atoms with Crippen molar-refractivity contribution in [2.45, 2.75) is 58.0 Å². The number of primary amides is 1. The lowest BCUT2D eigenvalue weighted by atomic mass is 9.85. The third-order valence-electron chi connectivity index (χ3n) is 4.55. The van der Waals surface area contributed by atoms with Crippen LogP contribution in [0.5, 0.6) is 0 Å². The van der Waals surface area contributed by atoms with Gasteiger partial charge in [-0.05, 0) is 39.0 Å². The lowest BCUT2D eigenvalue weighted by molar-refractivity contribution is -0.127. The fourth-order valence-corrected chi connectivity index (χ4v) is 3.04. The minimum Gasteiger partial charge on any atom is -0.369 e. The molecule has 2 amide bonds. The van der Waals surface area contributed by atoms with Crippen LogP contribution in [-0.4, -0.2) is 30.4 Å². The van der Waals surface area contributed by atoms with E-state index in [-0.39, 0.29) is 30.3 Å². The van der Waals surface area contributed by atoms with Gasteiger partial charge in [0.25, 0.3) is 0 Å². The summed E-state index contributed by atoms with van der Waals surface area (Å²) in [6, 6.07) is 0.408. The first-order chi connectivity index (χ1) is 8.90. The van der Waals surface area contributed by atoms with Gasteiger partial charge in [-0.15, -0.1) is 12.4 Å². The number of hydrogen-bond donors (Lipinski definition) is 3. The summed E-state index contributed by atoms with van der Waals surface area (Å²) in [6.07, 6.45) is 5.88. The Morgan fingerprint density at radius 3 is 2.55 bits per heavy atom. The van der Waals surface area contributed by atoms with Gasteiger partial charge in [0.05, 0.1) is 11.5 Å². The monoisotopic (exact) mass is 303 g/mol. The Hall–Kier alpha value is -0.810. The molecule has 0 radical (unpaired) electrons. The molecule has 0 spiro atoms. The molecule has 0 aromatic heterocycles. The highest BCUT2D eigenvalue weighted by Crippen LogP contribution is 2.33. The molecule has 2 fully saturated rings. The van der Waals surface area contributed by atoms with Gasteiger partial charge < -0.3 is 16.4 Å². The smallest absolute Gasteiger partial charge is 0.237 e. The van der Waals surface area contributed by atoms with Crippen LogP contribution in [0.4, 0.5) is 0 Å². The summed E-state index contributed by atoms with van der Waals surface area (Å²) in [5.41, 5.74) is 4.61. The van der Waals surface area contributed by atoms with Crippen molar-refractivity contribution in [1.82, 2.24) is 10.6 Å². The van der Waals surface area contributed by atoms with Crippen LogP contribution in [0.15, 0.2) is 0 Å². The van der Waals surface area contributed by atoms with Crippen LogP contribution in [0, 0.1) is 11.3 Å². The highest BCUT2D eigenvalue weighted by molar-refractivity contribution is 5.85. The van der Waals surface area contributed by atoms with Gasteiger partial charge in [0.2, 0.25) is 11.8 Å². The summed E-state index contributed by atoms with van der Waals surface area (Å²) in [4.78, 5) is 23.3. The van der Waals surface area contributed by atoms with Crippen molar-refractivity contribution in [1.29, 1.82) is 0 Å². The molecule has 1 aliphatic heterocycles. The van der Waals surface area contributed by atoms with Gasteiger partial charge in [-0.1, -0.05) is 12.8 Å². The minimum atomic E-state index is -0.693. The molecule has 2 rings (SSSR count). The third-order valence-corrected chi connectivity index (χ3v) is 4.55. The molecule has 6 heteroatoms. The zero-order valence-electron chi connectivity index (χ0n) is 12.3. The maximum atomic E-state index is 12.1. The van der Waals surface area contributed by atoms with Gasteiger partial charge in [0, 0.05) is 12.6 Å². The summed E-state index contributed by atoms with van der Waals surface area (Å²) in [7, 11) is 0. The molecule has 0 aromatic carbocycles. The predicted octanol–water partition coefficient (Wildman–Crippen LogP) is 0.957. The molecule has 3 atom stereocenters. The van der Waals surface area contributed by atoms with Crippen LogP contribution in [0.1, 0.15) is 46.0 Å². The largest absolute Gasteiger partial charge is 0.369 e. The van der Waals surface area contributed by atoms with E-state index in [1.807, 2.05) is 0 Å². The van der Waals surface area contributed by atoms with Gasteiger partial charge in [0.1, 0.15) is 0 Å². The summed E-state index contributed by atoms with van der Waals surface area (Å²) in [5.74, 6) is 0.262. The average Bonchev–Trinajstić information content (AvgIpc) is 2.79. The number of fused-ring (bicyclic) bond motifs is 1. The second-order valence-corrected chi connectivity index (χ2v) is 6.57. The van der Waals surface area contributed by atoms with Gasteiger partial charge in [-0.2, -0.15) is 0 Å². The second-order valence-electron chi connectivity index (χ2n) is 6.57. The second kappa shape index (κ2) is 6.76. The van der Waals surface area contributed by atoms with Crippen LogP contribution in [0.2, 0.25) is 0 Å². The number of carbonyl (C=O) groups is 2. The van der Waals surface area contributed by atoms with E-state index in [1.165, 1.54) is 25.7 Å². The molecule has 1 saturated carbocycles. The van der Waals surface area contributed by atoms with Crippen molar-refractivity contribution in [3.63, 3.8) is 0 Å². The van der Waals surface area contributed by atoms with E-state index in [4.69, 9.17) is 5.73 Å². The average molecular weight is 304 g/mol. The van der Waals surface area contributed by atoms with Gasteiger partial charge in [-0.25, -0.2) is 0 Å². The van der Waals surface area contributed by atoms with Crippen LogP contribution in [-0.2, 0) is 9.59 Å². The van der Waals surface area contributed by atoms with E-state index in [2.05, 4.69) is 10.6 Å². The van der Waals surface area contributed by atoms with Crippen molar-refractivity contribution in [3.05, 3.63) is 0 Å². The van der Waals surface area contributed by atoms with E-state index in [1.54, 1.807) is 13.8 Å². The fraction of sp³-hybridized carbons (Fsp3) is 0.857. The Balaban J connectivity index is 0.00000200. The molecule has 0 aromatic rings. The molecule has 3 unspecified atom stereocenters. The Morgan fingerprint density at radius 2 is 1.95 bits per heavy atom.